The number of amides is 1. The summed E-state index contributed by atoms with van der Waals surface area (Å²) in [6, 6.07) is 5.60. The largest absolute Gasteiger partial charge is 0.398 e. The maximum absolute atomic E-state index is 11.1. The van der Waals surface area contributed by atoms with Gasteiger partial charge >= 0.3 is 0 Å². The fourth-order valence-electron chi connectivity index (χ4n) is 2.03. The molecule has 0 unspecified atom stereocenters. The molecule has 94 valence electrons. The van der Waals surface area contributed by atoms with E-state index in [0.717, 1.165) is 16.5 Å². The van der Waals surface area contributed by atoms with Crippen LogP contribution in [0.15, 0.2) is 30.6 Å². The molecule has 1 aromatic carbocycles. The van der Waals surface area contributed by atoms with Gasteiger partial charge in [0.05, 0.1) is 6.54 Å². The van der Waals surface area contributed by atoms with Crippen LogP contribution in [0.1, 0.15) is 6.92 Å². The number of anilines is 2. The number of hydrogen-bond donors (Lipinski definition) is 2. The number of aromatic nitrogens is 1. The van der Waals surface area contributed by atoms with Gasteiger partial charge in [0.2, 0.25) is 5.91 Å². The number of nitrogens with zero attached hydrogens (tertiary/aromatic N) is 2. The smallest absolute Gasteiger partial charge is 0.236 e. The van der Waals surface area contributed by atoms with Crippen LogP contribution in [0.4, 0.5) is 11.4 Å². The van der Waals surface area contributed by atoms with Gasteiger partial charge in [-0.15, -0.1) is 0 Å². The zero-order valence-electron chi connectivity index (χ0n) is 10.3. The van der Waals surface area contributed by atoms with Crippen molar-refractivity contribution in [1.82, 2.24) is 4.98 Å². The summed E-state index contributed by atoms with van der Waals surface area (Å²) in [4.78, 5) is 17.1. The van der Waals surface area contributed by atoms with E-state index in [2.05, 4.69) is 4.98 Å². The third kappa shape index (κ3) is 2.20. The predicted octanol–water partition coefficient (Wildman–Crippen LogP) is 1.13. The van der Waals surface area contributed by atoms with E-state index in [1.54, 1.807) is 12.4 Å². The third-order valence-corrected chi connectivity index (χ3v) is 2.90. The van der Waals surface area contributed by atoms with Crippen molar-refractivity contribution in [2.75, 3.05) is 23.7 Å². The highest BCUT2D eigenvalue weighted by atomic mass is 16.1. The summed E-state index contributed by atoms with van der Waals surface area (Å²) in [7, 11) is 0. The third-order valence-electron chi connectivity index (χ3n) is 2.90. The van der Waals surface area contributed by atoms with Crippen LogP contribution in [0.5, 0.6) is 0 Å². The van der Waals surface area contributed by atoms with Gasteiger partial charge in [0.15, 0.2) is 0 Å². The fourth-order valence-corrected chi connectivity index (χ4v) is 2.03. The van der Waals surface area contributed by atoms with Gasteiger partial charge in [0, 0.05) is 41.1 Å². The molecule has 18 heavy (non-hydrogen) atoms. The Morgan fingerprint density at radius 2 is 2.11 bits per heavy atom. The minimum absolute atomic E-state index is 0.185. The van der Waals surface area contributed by atoms with Gasteiger partial charge in [0.25, 0.3) is 0 Å². The van der Waals surface area contributed by atoms with Crippen molar-refractivity contribution in [2.45, 2.75) is 6.92 Å². The first kappa shape index (κ1) is 12.2. The number of carbonyl (C=O) groups is 1. The highest BCUT2D eigenvalue weighted by molar-refractivity contribution is 6.01. The van der Waals surface area contributed by atoms with Crippen LogP contribution < -0.4 is 16.4 Å². The molecule has 0 fully saturated rings. The number of nitrogen functional groups attached to an aromatic ring is 1. The Morgan fingerprint density at radius 3 is 2.78 bits per heavy atom. The van der Waals surface area contributed by atoms with Crippen LogP contribution in [-0.2, 0) is 4.79 Å². The zero-order valence-corrected chi connectivity index (χ0v) is 10.3. The van der Waals surface area contributed by atoms with E-state index < -0.39 is 0 Å². The van der Waals surface area contributed by atoms with Gasteiger partial charge in [-0.3, -0.25) is 9.78 Å². The second-order valence-electron chi connectivity index (χ2n) is 4.08. The van der Waals surface area contributed by atoms with E-state index in [9.17, 15) is 4.79 Å². The Balaban J connectivity index is 2.56. The van der Waals surface area contributed by atoms with E-state index in [1.165, 1.54) is 0 Å². The van der Waals surface area contributed by atoms with Crippen molar-refractivity contribution in [3.63, 3.8) is 0 Å². The van der Waals surface area contributed by atoms with Gasteiger partial charge in [-0.25, -0.2) is 0 Å². The average molecular weight is 244 g/mol. The van der Waals surface area contributed by atoms with E-state index in [0.29, 0.717) is 12.2 Å². The summed E-state index contributed by atoms with van der Waals surface area (Å²) in [6.07, 6.45) is 3.46. The van der Waals surface area contributed by atoms with Crippen LogP contribution in [0.3, 0.4) is 0 Å². The Morgan fingerprint density at radius 1 is 1.33 bits per heavy atom. The van der Waals surface area contributed by atoms with Crippen molar-refractivity contribution in [3.8, 4) is 0 Å². The van der Waals surface area contributed by atoms with Crippen molar-refractivity contribution in [2.24, 2.45) is 5.73 Å². The van der Waals surface area contributed by atoms with E-state index in [4.69, 9.17) is 11.5 Å². The quantitative estimate of drug-likeness (QED) is 0.789. The van der Waals surface area contributed by atoms with Gasteiger partial charge in [-0.1, -0.05) is 0 Å². The van der Waals surface area contributed by atoms with Crippen LogP contribution in [0.2, 0.25) is 0 Å². The number of primary amides is 1. The molecule has 1 heterocycles. The summed E-state index contributed by atoms with van der Waals surface area (Å²) < 4.78 is 0. The fraction of sp³-hybridized carbons (Fsp3) is 0.231. The molecule has 2 aromatic rings. The summed E-state index contributed by atoms with van der Waals surface area (Å²) in [5.41, 5.74) is 12.8. The lowest BCUT2D eigenvalue weighted by Crippen LogP contribution is -2.33. The second-order valence-corrected chi connectivity index (χ2v) is 4.08. The highest BCUT2D eigenvalue weighted by Crippen LogP contribution is 2.29. The normalized spacial score (nSPS) is 10.5. The first-order valence-corrected chi connectivity index (χ1v) is 5.79. The molecule has 1 aromatic heterocycles. The number of benzene rings is 1. The Kier molecular flexibility index (Phi) is 3.32. The monoisotopic (exact) mass is 244 g/mol. The number of pyridine rings is 1. The minimum Gasteiger partial charge on any atom is -0.398 e. The predicted molar refractivity (Wildman–Crippen MR) is 73.2 cm³/mol. The Hall–Kier alpha value is -2.30. The molecular formula is C13H16N4O. The second kappa shape index (κ2) is 4.91. The molecule has 0 saturated carbocycles. The van der Waals surface area contributed by atoms with Gasteiger partial charge in [-0.2, -0.15) is 0 Å². The summed E-state index contributed by atoms with van der Waals surface area (Å²) >= 11 is 0. The highest BCUT2D eigenvalue weighted by Gasteiger charge is 2.12. The number of hydrogen-bond acceptors (Lipinski definition) is 4. The van der Waals surface area contributed by atoms with Gasteiger partial charge in [0.1, 0.15) is 0 Å². The number of rotatable bonds is 4. The first-order chi connectivity index (χ1) is 8.63. The molecule has 0 aliphatic carbocycles. The van der Waals surface area contributed by atoms with E-state index >= 15 is 0 Å². The van der Waals surface area contributed by atoms with Crippen molar-refractivity contribution >= 4 is 28.1 Å². The van der Waals surface area contributed by atoms with Gasteiger partial charge < -0.3 is 16.4 Å². The van der Waals surface area contributed by atoms with Crippen molar-refractivity contribution in [1.29, 1.82) is 0 Å². The molecule has 1 amide bonds. The molecule has 5 heteroatoms. The van der Waals surface area contributed by atoms with Crippen LogP contribution in [-0.4, -0.2) is 24.0 Å². The molecule has 5 nitrogen and oxygen atoms in total. The Labute approximate surface area is 105 Å². The lowest BCUT2D eigenvalue weighted by Gasteiger charge is -2.23. The number of fused-ring (bicyclic) bond motifs is 1. The summed E-state index contributed by atoms with van der Waals surface area (Å²) in [5, 5.41) is 1.87. The number of nitrogens with two attached hydrogens (primary N) is 2. The van der Waals surface area contributed by atoms with Crippen LogP contribution in [0.25, 0.3) is 10.8 Å². The molecule has 2 rings (SSSR count). The Bertz CT molecular complexity index is 582. The first-order valence-electron chi connectivity index (χ1n) is 5.79. The van der Waals surface area contributed by atoms with Crippen molar-refractivity contribution < 1.29 is 4.79 Å². The standard InChI is InChI=1S/C13H16N4O/c1-2-17(8-13(15)18)12-4-3-11(14)9-5-6-16-7-10(9)12/h3-7H,2,8,14H2,1H3,(H2,15,18). The molecule has 4 N–H and O–H groups in total. The zero-order chi connectivity index (χ0) is 13.1. The molecule has 0 radical (unpaired) electrons. The minimum atomic E-state index is -0.356. The van der Waals surface area contributed by atoms with E-state index in [1.807, 2.05) is 30.0 Å². The lowest BCUT2D eigenvalue weighted by atomic mass is 10.1. The maximum Gasteiger partial charge on any atom is 0.236 e. The molecule has 0 saturated heterocycles. The van der Waals surface area contributed by atoms with Crippen LogP contribution in [0, 0.1) is 0 Å². The lowest BCUT2D eigenvalue weighted by molar-refractivity contribution is -0.116. The van der Waals surface area contributed by atoms with E-state index in [-0.39, 0.29) is 12.5 Å². The molecular weight excluding hydrogens is 228 g/mol. The molecule has 0 aliphatic rings. The summed E-state index contributed by atoms with van der Waals surface area (Å²) in [5.74, 6) is -0.356. The average Bonchev–Trinajstić information content (AvgIpc) is 2.37. The molecule has 0 spiro atoms. The maximum atomic E-state index is 11.1. The summed E-state index contributed by atoms with van der Waals surface area (Å²) in [6.45, 7) is 2.85. The SMILES string of the molecule is CCN(CC(N)=O)c1ccc(N)c2ccncc12. The van der Waals surface area contributed by atoms with Gasteiger partial charge in [-0.05, 0) is 25.1 Å². The van der Waals surface area contributed by atoms with Crippen molar-refractivity contribution in [3.05, 3.63) is 30.6 Å². The number of carbonyl (C=O) groups excluding carboxylic acids is 1. The topological polar surface area (TPSA) is 85.2 Å². The van der Waals surface area contributed by atoms with Crippen LogP contribution >= 0.6 is 0 Å². The molecule has 0 bridgehead atoms. The molecule has 0 atom stereocenters. The molecule has 0 aliphatic heterocycles. The number of likely N-dealkylation sites (N-methyl/N-ethyl adjacent to an activating group) is 1.